The minimum Gasteiger partial charge on any atom is -0.480 e. The van der Waals surface area contributed by atoms with Gasteiger partial charge >= 0.3 is 0 Å². The zero-order valence-electron chi connectivity index (χ0n) is 10.6. The molecule has 98 valence electrons. The third kappa shape index (κ3) is 3.20. The van der Waals surface area contributed by atoms with Crippen molar-refractivity contribution in [1.29, 1.82) is 0 Å². The van der Waals surface area contributed by atoms with Gasteiger partial charge in [-0.1, -0.05) is 6.42 Å². The highest BCUT2D eigenvalue weighted by atomic mass is 16.5. The van der Waals surface area contributed by atoms with Crippen molar-refractivity contribution in [1.82, 2.24) is 15.6 Å². The number of methoxy groups -OCH3 is 1. The molecule has 5 heteroatoms. The maximum Gasteiger partial charge on any atom is 0.257 e. The van der Waals surface area contributed by atoms with Gasteiger partial charge in [-0.15, -0.1) is 0 Å². The van der Waals surface area contributed by atoms with Crippen LogP contribution in [0.2, 0.25) is 0 Å². The van der Waals surface area contributed by atoms with E-state index in [-0.39, 0.29) is 11.9 Å². The highest BCUT2D eigenvalue weighted by Gasteiger charge is 2.18. The van der Waals surface area contributed by atoms with Crippen LogP contribution in [0.3, 0.4) is 0 Å². The molecule has 18 heavy (non-hydrogen) atoms. The number of aromatic nitrogens is 1. The average Bonchev–Trinajstić information content (AvgIpc) is 2.67. The second-order valence-electron chi connectivity index (χ2n) is 4.43. The second-order valence-corrected chi connectivity index (χ2v) is 4.43. The van der Waals surface area contributed by atoms with E-state index in [1.54, 1.807) is 18.3 Å². The molecule has 2 rings (SSSR count). The molecule has 1 aromatic rings. The molecule has 0 aliphatic carbocycles. The Bertz CT molecular complexity index is 401. The van der Waals surface area contributed by atoms with Crippen molar-refractivity contribution < 1.29 is 9.53 Å². The normalized spacial score (nSPS) is 19.9. The van der Waals surface area contributed by atoms with E-state index in [4.69, 9.17) is 4.74 Å². The molecule has 0 spiro atoms. The molecular weight excluding hydrogens is 230 g/mol. The smallest absolute Gasteiger partial charge is 0.257 e. The van der Waals surface area contributed by atoms with Gasteiger partial charge in [0.25, 0.3) is 5.91 Å². The fraction of sp³-hybridized carbons (Fsp3) is 0.538. The Morgan fingerprint density at radius 3 is 3.28 bits per heavy atom. The molecule has 1 aliphatic rings. The quantitative estimate of drug-likeness (QED) is 0.837. The monoisotopic (exact) mass is 249 g/mol. The van der Waals surface area contributed by atoms with E-state index in [1.165, 1.54) is 13.5 Å². The number of ether oxygens (including phenoxy) is 1. The maximum absolute atomic E-state index is 12.1. The summed E-state index contributed by atoms with van der Waals surface area (Å²) in [4.78, 5) is 16.2. The van der Waals surface area contributed by atoms with E-state index >= 15 is 0 Å². The molecule has 0 radical (unpaired) electrons. The third-order valence-corrected chi connectivity index (χ3v) is 3.09. The molecule has 1 unspecified atom stereocenters. The second kappa shape index (κ2) is 6.35. The SMILES string of the molecule is COc1ncccc1C(=O)NC1CCCCNC1. The van der Waals surface area contributed by atoms with Gasteiger partial charge in [-0.05, 0) is 31.5 Å². The van der Waals surface area contributed by atoms with Gasteiger partial charge in [-0.25, -0.2) is 4.98 Å². The molecule has 1 aliphatic heterocycles. The van der Waals surface area contributed by atoms with Crippen molar-refractivity contribution in [2.45, 2.75) is 25.3 Å². The predicted octanol–water partition coefficient (Wildman–Crippen LogP) is 0.962. The third-order valence-electron chi connectivity index (χ3n) is 3.09. The first-order chi connectivity index (χ1) is 8.81. The number of carbonyl (C=O) groups is 1. The molecule has 0 saturated carbocycles. The lowest BCUT2D eigenvalue weighted by Crippen LogP contribution is -2.41. The summed E-state index contributed by atoms with van der Waals surface area (Å²) in [6.45, 7) is 1.86. The Morgan fingerprint density at radius 2 is 2.44 bits per heavy atom. The van der Waals surface area contributed by atoms with E-state index < -0.39 is 0 Å². The summed E-state index contributed by atoms with van der Waals surface area (Å²) in [5.41, 5.74) is 0.490. The van der Waals surface area contributed by atoms with Crippen molar-refractivity contribution in [2.24, 2.45) is 0 Å². The van der Waals surface area contributed by atoms with Crippen LogP contribution < -0.4 is 15.4 Å². The Kier molecular flexibility index (Phi) is 4.52. The fourth-order valence-corrected chi connectivity index (χ4v) is 2.13. The van der Waals surface area contributed by atoms with Crippen molar-refractivity contribution in [2.75, 3.05) is 20.2 Å². The summed E-state index contributed by atoms with van der Waals surface area (Å²) in [6.07, 6.45) is 4.94. The summed E-state index contributed by atoms with van der Waals surface area (Å²) < 4.78 is 5.09. The van der Waals surface area contributed by atoms with Gasteiger partial charge < -0.3 is 15.4 Å². The predicted molar refractivity (Wildman–Crippen MR) is 68.8 cm³/mol. The number of nitrogens with zero attached hydrogens (tertiary/aromatic N) is 1. The number of hydrogen-bond acceptors (Lipinski definition) is 4. The van der Waals surface area contributed by atoms with Crippen LogP contribution in [0.25, 0.3) is 0 Å². The summed E-state index contributed by atoms with van der Waals surface area (Å²) in [7, 11) is 1.52. The highest BCUT2D eigenvalue weighted by Crippen LogP contribution is 2.14. The molecule has 1 amide bonds. The van der Waals surface area contributed by atoms with Crippen molar-refractivity contribution in [3.05, 3.63) is 23.9 Å². The molecular formula is C13H19N3O2. The van der Waals surface area contributed by atoms with Gasteiger partial charge in [0.2, 0.25) is 5.88 Å². The van der Waals surface area contributed by atoms with Gasteiger partial charge in [0.1, 0.15) is 5.56 Å². The average molecular weight is 249 g/mol. The highest BCUT2D eigenvalue weighted by molar-refractivity contribution is 5.96. The van der Waals surface area contributed by atoms with E-state index in [1.807, 2.05) is 0 Å². The van der Waals surface area contributed by atoms with Crippen molar-refractivity contribution in [3.8, 4) is 5.88 Å². The van der Waals surface area contributed by atoms with Gasteiger partial charge in [0.15, 0.2) is 0 Å². The van der Waals surface area contributed by atoms with Crippen molar-refractivity contribution in [3.63, 3.8) is 0 Å². The van der Waals surface area contributed by atoms with Gasteiger partial charge in [0.05, 0.1) is 7.11 Å². The number of carbonyl (C=O) groups excluding carboxylic acids is 1. The number of nitrogens with one attached hydrogen (secondary N) is 2. The van der Waals surface area contributed by atoms with Gasteiger partial charge in [-0.2, -0.15) is 0 Å². The molecule has 2 heterocycles. The lowest BCUT2D eigenvalue weighted by atomic mass is 10.1. The lowest BCUT2D eigenvalue weighted by molar-refractivity contribution is 0.0931. The molecule has 0 aromatic carbocycles. The van der Waals surface area contributed by atoms with Gasteiger partial charge in [0, 0.05) is 18.8 Å². The summed E-state index contributed by atoms with van der Waals surface area (Å²) in [5.74, 6) is 0.255. The Morgan fingerprint density at radius 1 is 1.56 bits per heavy atom. The van der Waals surface area contributed by atoms with Crippen LogP contribution in [0.15, 0.2) is 18.3 Å². The van der Waals surface area contributed by atoms with Crippen LogP contribution >= 0.6 is 0 Å². The zero-order valence-corrected chi connectivity index (χ0v) is 10.6. The number of rotatable bonds is 3. The van der Waals surface area contributed by atoms with Crippen LogP contribution in [-0.2, 0) is 0 Å². The number of hydrogen-bond donors (Lipinski definition) is 2. The summed E-state index contributed by atoms with van der Waals surface area (Å²) in [5, 5.41) is 6.35. The van der Waals surface area contributed by atoms with Crippen LogP contribution in [-0.4, -0.2) is 37.1 Å². The first-order valence-corrected chi connectivity index (χ1v) is 6.32. The molecule has 1 saturated heterocycles. The number of amides is 1. The van der Waals surface area contributed by atoms with Crippen LogP contribution in [0, 0.1) is 0 Å². The zero-order chi connectivity index (χ0) is 12.8. The molecule has 2 N–H and O–H groups in total. The molecule has 5 nitrogen and oxygen atoms in total. The van der Waals surface area contributed by atoms with Crippen molar-refractivity contribution >= 4 is 5.91 Å². The topological polar surface area (TPSA) is 63.2 Å². The molecule has 1 aromatic heterocycles. The number of pyridine rings is 1. The minimum atomic E-state index is -0.117. The maximum atomic E-state index is 12.1. The standard InChI is InChI=1S/C13H19N3O2/c1-18-13-11(6-4-8-15-13)12(17)16-10-5-2-3-7-14-9-10/h4,6,8,10,14H,2-3,5,7,9H2,1H3,(H,16,17). The van der Waals surface area contributed by atoms with E-state index in [2.05, 4.69) is 15.6 Å². The summed E-state index contributed by atoms with van der Waals surface area (Å²) >= 11 is 0. The van der Waals surface area contributed by atoms with E-state index in [0.29, 0.717) is 11.4 Å². The lowest BCUT2D eigenvalue weighted by Gasteiger charge is -2.17. The van der Waals surface area contributed by atoms with Gasteiger partial charge in [-0.3, -0.25) is 4.79 Å². The Labute approximate surface area is 107 Å². The molecule has 1 atom stereocenters. The first kappa shape index (κ1) is 12.8. The van der Waals surface area contributed by atoms with Crippen LogP contribution in [0.4, 0.5) is 0 Å². The largest absolute Gasteiger partial charge is 0.480 e. The van der Waals surface area contributed by atoms with Crippen LogP contribution in [0.1, 0.15) is 29.6 Å². The fourth-order valence-electron chi connectivity index (χ4n) is 2.13. The Hall–Kier alpha value is -1.62. The van der Waals surface area contributed by atoms with E-state index in [0.717, 1.165) is 25.9 Å². The Balaban J connectivity index is 2.02. The minimum absolute atomic E-state index is 0.117. The molecule has 1 fully saturated rings. The van der Waals surface area contributed by atoms with Crippen LogP contribution in [0.5, 0.6) is 5.88 Å². The summed E-state index contributed by atoms with van der Waals surface area (Å²) in [6, 6.07) is 3.65. The van der Waals surface area contributed by atoms with E-state index in [9.17, 15) is 4.79 Å². The first-order valence-electron chi connectivity index (χ1n) is 6.32. The molecule has 0 bridgehead atoms.